The van der Waals surface area contributed by atoms with Crippen molar-refractivity contribution in [2.45, 2.75) is 26.3 Å². The summed E-state index contributed by atoms with van der Waals surface area (Å²) in [4.78, 5) is 0. The molecular weight excluding hydrogens is 264 g/mol. The number of rotatable bonds is 5. The lowest BCUT2D eigenvalue weighted by Crippen LogP contribution is -2.25. The van der Waals surface area contributed by atoms with E-state index in [1.54, 1.807) is 0 Å². The molecule has 2 atom stereocenters. The van der Waals surface area contributed by atoms with Gasteiger partial charge in [-0.1, -0.05) is 35.0 Å². The van der Waals surface area contributed by atoms with Gasteiger partial charge in [0.05, 0.1) is 12.0 Å². The van der Waals surface area contributed by atoms with Crippen LogP contribution in [0.5, 0.6) is 0 Å². The van der Waals surface area contributed by atoms with Crippen molar-refractivity contribution < 1.29 is 0 Å². The standard InChI is InChI=1S/C13H17BrN2/c1-3-13(16-9-10(2)8-15)11-4-6-12(14)7-5-11/h4-7,10,13,16H,3,9H2,1-2H3. The van der Waals surface area contributed by atoms with E-state index in [1.165, 1.54) is 5.56 Å². The minimum Gasteiger partial charge on any atom is -0.309 e. The highest BCUT2D eigenvalue weighted by Crippen LogP contribution is 2.19. The summed E-state index contributed by atoms with van der Waals surface area (Å²) >= 11 is 3.43. The van der Waals surface area contributed by atoms with E-state index in [4.69, 9.17) is 5.26 Å². The summed E-state index contributed by atoms with van der Waals surface area (Å²) in [7, 11) is 0. The Morgan fingerprint density at radius 2 is 2.00 bits per heavy atom. The largest absolute Gasteiger partial charge is 0.309 e. The molecule has 1 rings (SSSR count). The minimum absolute atomic E-state index is 0.0597. The Labute approximate surface area is 106 Å². The molecule has 1 aromatic carbocycles. The maximum atomic E-state index is 8.73. The van der Waals surface area contributed by atoms with Crippen LogP contribution in [0.3, 0.4) is 0 Å². The zero-order valence-electron chi connectivity index (χ0n) is 9.70. The van der Waals surface area contributed by atoms with Crippen LogP contribution in [0.2, 0.25) is 0 Å². The monoisotopic (exact) mass is 280 g/mol. The van der Waals surface area contributed by atoms with Crippen molar-refractivity contribution in [3.63, 3.8) is 0 Å². The lowest BCUT2D eigenvalue weighted by atomic mass is 10.0. The normalized spacial score (nSPS) is 14.1. The van der Waals surface area contributed by atoms with E-state index < -0.39 is 0 Å². The number of benzene rings is 1. The summed E-state index contributed by atoms with van der Waals surface area (Å²) in [5, 5.41) is 12.1. The Morgan fingerprint density at radius 1 is 1.38 bits per heavy atom. The van der Waals surface area contributed by atoms with E-state index in [1.807, 2.05) is 19.1 Å². The van der Waals surface area contributed by atoms with Crippen LogP contribution in [0.4, 0.5) is 0 Å². The number of hydrogen-bond donors (Lipinski definition) is 1. The van der Waals surface area contributed by atoms with Crippen LogP contribution < -0.4 is 5.32 Å². The van der Waals surface area contributed by atoms with Gasteiger partial charge in [-0.3, -0.25) is 0 Å². The molecule has 2 nitrogen and oxygen atoms in total. The topological polar surface area (TPSA) is 35.8 Å². The van der Waals surface area contributed by atoms with E-state index in [0.717, 1.165) is 17.4 Å². The predicted octanol–water partition coefficient (Wildman–Crippen LogP) is 3.65. The van der Waals surface area contributed by atoms with Crippen LogP contribution in [0.25, 0.3) is 0 Å². The Bertz CT molecular complexity index is 353. The van der Waals surface area contributed by atoms with Gasteiger partial charge in [0, 0.05) is 17.1 Å². The van der Waals surface area contributed by atoms with Gasteiger partial charge in [0.2, 0.25) is 0 Å². The third kappa shape index (κ3) is 3.96. The van der Waals surface area contributed by atoms with Gasteiger partial charge in [0.15, 0.2) is 0 Å². The Balaban J connectivity index is 2.61. The van der Waals surface area contributed by atoms with Crippen LogP contribution in [-0.2, 0) is 0 Å². The van der Waals surface area contributed by atoms with E-state index in [9.17, 15) is 0 Å². The van der Waals surface area contributed by atoms with Gasteiger partial charge in [-0.2, -0.15) is 5.26 Å². The summed E-state index contributed by atoms with van der Waals surface area (Å²) in [6, 6.07) is 10.9. The van der Waals surface area contributed by atoms with Gasteiger partial charge >= 0.3 is 0 Å². The average molecular weight is 281 g/mol. The van der Waals surface area contributed by atoms with Gasteiger partial charge in [-0.05, 0) is 31.0 Å². The number of hydrogen-bond acceptors (Lipinski definition) is 2. The van der Waals surface area contributed by atoms with Gasteiger partial charge in [0.1, 0.15) is 0 Å². The molecule has 0 saturated heterocycles. The van der Waals surface area contributed by atoms with Crippen LogP contribution in [0.15, 0.2) is 28.7 Å². The lowest BCUT2D eigenvalue weighted by molar-refractivity contribution is 0.488. The lowest BCUT2D eigenvalue weighted by Gasteiger charge is -2.18. The average Bonchev–Trinajstić information content (AvgIpc) is 2.31. The number of nitrogens with zero attached hydrogens (tertiary/aromatic N) is 1. The molecule has 0 spiro atoms. The van der Waals surface area contributed by atoms with E-state index in [-0.39, 0.29) is 5.92 Å². The van der Waals surface area contributed by atoms with E-state index >= 15 is 0 Å². The molecule has 0 aromatic heterocycles. The molecule has 86 valence electrons. The molecule has 0 heterocycles. The Kier molecular flexibility index (Phi) is 5.51. The highest BCUT2D eigenvalue weighted by Gasteiger charge is 2.09. The van der Waals surface area contributed by atoms with Crippen LogP contribution in [0.1, 0.15) is 31.9 Å². The first-order chi connectivity index (χ1) is 7.67. The quantitative estimate of drug-likeness (QED) is 0.894. The number of halogens is 1. The van der Waals surface area contributed by atoms with Crippen LogP contribution >= 0.6 is 15.9 Å². The van der Waals surface area contributed by atoms with Crippen molar-refractivity contribution in [1.82, 2.24) is 5.32 Å². The molecule has 0 aliphatic heterocycles. The van der Waals surface area contributed by atoms with Crippen molar-refractivity contribution in [3.8, 4) is 6.07 Å². The molecule has 0 fully saturated rings. The van der Waals surface area contributed by atoms with E-state index in [2.05, 4.69) is 46.4 Å². The molecule has 1 N–H and O–H groups in total. The molecule has 2 unspecified atom stereocenters. The van der Waals surface area contributed by atoms with Gasteiger partial charge in [-0.15, -0.1) is 0 Å². The molecule has 0 aliphatic carbocycles. The second-order valence-electron chi connectivity index (χ2n) is 3.95. The molecule has 0 saturated carbocycles. The molecule has 0 bridgehead atoms. The summed E-state index contributed by atoms with van der Waals surface area (Å²) in [6.45, 7) is 4.82. The third-order valence-corrected chi connectivity index (χ3v) is 3.10. The van der Waals surface area contributed by atoms with Gasteiger partial charge in [-0.25, -0.2) is 0 Å². The van der Waals surface area contributed by atoms with Crippen molar-refractivity contribution in [2.75, 3.05) is 6.54 Å². The second-order valence-corrected chi connectivity index (χ2v) is 4.87. The third-order valence-electron chi connectivity index (χ3n) is 2.57. The zero-order valence-corrected chi connectivity index (χ0v) is 11.3. The van der Waals surface area contributed by atoms with Crippen molar-refractivity contribution in [1.29, 1.82) is 5.26 Å². The first kappa shape index (κ1) is 13.2. The highest BCUT2D eigenvalue weighted by molar-refractivity contribution is 9.10. The SMILES string of the molecule is CCC(NCC(C)C#N)c1ccc(Br)cc1. The van der Waals surface area contributed by atoms with Gasteiger partial charge < -0.3 is 5.32 Å². The molecule has 3 heteroatoms. The molecular formula is C13H17BrN2. The van der Waals surface area contributed by atoms with Crippen molar-refractivity contribution >= 4 is 15.9 Å². The van der Waals surface area contributed by atoms with Gasteiger partial charge in [0.25, 0.3) is 0 Å². The van der Waals surface area contributed by atoms with Crippen molar-refractivity contribution in [2.24, 2.45) is 5.92 Å². The number of nitriles is 1. The fraction of sp³-hybridized carbons (Fsp3) is 0.462. The summed E-state index contributed by atoms with van der Waals surface area (Å²) in [5.74, 6) is 0.0597. The molecule has 0 amide bonds. The first-order valence-electron chi connectivity index (χ1n) is 5.55. The summed E-state index contributed by atoms with van der Waals surface area (Å²) < 4.78 is 1.09. The second kappa shape index (κ2) is 6.67. The summed E-state index contributed by atoms with van der Waals surface area (Å²) in [6.07, 6.45) is 1.03. The smallest absolute Gasteiger partial charge is 0.0666 e. The molecule has 0 aliphatic rings. The highest BCUT2D eigenvalue weighted by atomic mass is 79.9. The number of nitrogens with one attached hydrogen (secondary N) is 1. The zero-order chi connectivity index (χ0) is 12.0. The maximum Gasteiger partial charge on any atom is 0.0666 e. The first-order valence-corrected chi connectivity index (χ1v) is 6.35. The summed E-state index contributed by atoms with van der Waals surface area (Å²) in [5.41, 5.74) is 1.27. The maximum absolute atomic E-state index is 8.73. The fourth-order valence-corrected chi connectivity index (χ4v) is 1.82. The molecule has 1 aromatic rings. The fourth-order valence-electron chi connectivity index (χ4n) is 1.56. The van der Waals surface area contributed by atoms with Crippen LogP contribution in [0, 0.1) is 17.2 Å². The Hall–Kier alpha value is -0.850. The molecule has 0 radical (unpaired) electrons. The van der Waals surface area contributed by atoms with Crippen molar-refractivity contribution in [3.05, 3.63) is 34.3 Å². The van der Waals surface area contributed by atoms with E-state index in [0.29, 0.717) is 6.04 Å². The molecule has 16 heavy (non-hydrogen) atoms. The van der Waals surface area contributed by atoms with Crippen LogP contribution in [-0.4, -0.2) is 6.54 Å². The Morgan fingerprint density at radius 3 is 2.50 bits per heavy atom. The minimum atomic E-state index is 0.0597. The predicted molar refractivity (Wildman–Crippen MR) is 70.0 cm³/mol.